The number of hydrogen-bond acceptors (Lipinski definition) is 5. The van der Waals surface area contributed by atoms with E-state index in [0.717, 1.165) is 19.6 Å². The summed E-state index contributed by atoms with van der Waals surface area (Å²) in [6.45, 7) is 10.7. The number of nitrogens with one attached hydrogen (secondary N) is 1. The second-order valence-corrected chi connectivity index (χ2v) is 4.84. The van der Waals surface area contributed by atoms with Crippen LogP contribution < -0.4 is 5.32 Å². The van der Waals surface area contributed by atoms with Crippen LogP contribution in [0.25, 0.3) is 0 Å². The van der Waals surface area contributed by atoms with E-state index in [9.17, 15) is 14.9 Å². The molecule has 1 aromatic rings. The molecule has 21 heavy (non-hydrogen) atoms. The third kappa shape index (κ3) is 4.52. The molecular weight excluding hydrogens is 274 g/mol. The van der Waals surface area contributed by atoms with E-state index in [4.69, 9.17) is 0 Å². The second kappa shape index (κ2) is 7.72. The maximum atomic E-state index is 12.1. The normalized spacial score (nSPS) is 12.4. The summed E-state index contributed by atoms with van der Waals surface area (Å²) in [5.41, 5.74) is 0.591. The molecule has 1 heterocycles. The summed E-state index contributed by atoms with van der Waals surface area (Å²) in [5.74, 6) is -0.432. The molecule has 1 aromatic heterocycles. The van der Waals surface area contributed by atoms with Gasteiger partial charge < -0.3 is 20.3 Å². The van der Waals surface area contributed by atoms with Gasteiger partial charge in [0.05, 0.1) is 16.9 Å². The average molecular weight is 297 g/mol. The van der Waals surface area contributed by atoms with Crippen molar-refractivity contribution in [3.05, 3.63) is 21.9 Å². The first kappa shape index (κ1) is 17.1. The number of rotatable bonds is 8. The van der Waals surface area contributed by atoms with E-state index < -0.39 is 11.0 Å². The van der Waals surface area contributed by atoms with Crippen molar-refractivity contribution in [2.24, 2.45) is 0 Å². The third-order valence-electron chi connectivity index (χ3n) is 3.46. The zero-order valence-corrected chi connectivity index (χ0v) is 13.0. The highest BCUT2D eigenvalue weighted by atomic mass is 16.6. The molecule has 1 amide bonds. The van der Waals surface area contributed by atoms with Crippen molar-refractivity contribution >= 4 is 11.7 Å². The predicted molar refractivity (Wildman–Crippen MR) is 79.1 cm³/mol. The van der Waals surface area contributed by atoms with Gasteiger partial charge in [0.1, 0.15) is 6.04 Å². The molecule has 0 aliphatic heterocycles. The highest BCUT2D eigenvalue weighted by Gasteiger charge is 2.24. The van der Waals surface area contributed by atoms with E-state index in [1.54, 1.807) is 13.8 Å². The smallest absolute Gasteiger partial charge is 0.358 e. The Morgan fingerprint density at radius 3 is 2.62 bits per heavy atom. The molecule has 0 saturated carbocycles. The molecule has 0 bridgehead atoms. The first-order valence-corrected chi connectivity index (χ1v) is 7.11. The van der Waals surface area contributed by atoms with Crippen LogP contribution >= 0.6 is 0 Å². The van der Waals surface area contributed by atoms with Crippen molar-refractivity contribution in [2.45, 2.75) is 33.7 Å². The Kier molecular flexibility index (Phi) is 6.29. The highest BCUT2D eigenvalue weighted by Crippen LogP contribution is 2.15. The summed E-state index contributed by atoms with van der Waals surface area (Å²) >= 11 is 0. The van der Waals surface area contributed by atoms with E-state index in [2.05, 4.69) is 29.2 Å². The van der Waals surface area contributed by atoms with Crippen LogP contribution in [0.1, 0.15) is 32.5 Å². The van der Waals surface area contributed by atoms with E-state index in [1.165, 1.54) is 10.7 Å². The van der Waals surface area contributed by atoms with Crippen molar-refractivity contribution in [1.82, 2.24) is 20.0 Å². The van der Waals surface area contributed by atoms with Crippen LogP contribution in [0.15, 0.2) is 6.07 Å². The molecule has 1 N–H and O–H groups in total. The van der Waals surface area contributed by atoms with Gasteiger partial charge in [0.25, 0.3) is 0 Å². The van der Waals surface area contributed by atoms with Crippen molar-refractivity contribution < 1.29 is 9.72 Å². The quantitative estimate of drug-likeness (QED) is 0.573. The van der Waals surface area contributed by atoms with Crippen LogP contribution in [0.5, 0.6) is 0 Å². The number of aryl methyl sites for hydroxylation is 1. The number of aromatic nitrogens is 2. The van der Waals surface area contributed by atoms with Crippen molar-refractivity contribution in [3.8, 4) is 0 Å². The van der Waals surface area contributed by atoms with Gasteiger partial charge in [0.15, 0.2) is 0 Å². The van der Waals surface area contributed by atoms with E-state index in [1.807, 2.05) is 0 Å². The van der Waals surface area contributed by atoms with Crippen LogP contribution in [-0.2, 0) is 4.79 Å². The summed E-state index contributed by atoms with van der Waals surface area (Å²) in [6.07, 6.45) is 0. The third-order valence-corrected chi connectivity index (χ3v) is 3.46. The number of nitrogens with zero attached hydrogens (tertiary/aromatic N) is 4. The Bertz CT molecular complexity index is 496. The van der Waals surface area contributed by atoms with Crippen molar-refractivity contribution in [1.29, 1.82) is 0 Å². The number of likely N-dealkylation sites (N-methyl/N-ethyl adjacent to an activating group) is 1. The topological polar surface area (TPSA) is 93.3 Å². The first-order chi connectivity index (χ1) is 9.90. The number of carbonyl (C=O) groups excluding carboxylic acids is 1. The van der Waals surface area contributed by atoms with Gasteiger partial charge in [-0.3, -0.25) is 4.79 Å². The zero-order chi connectivity index (χ0) is 16.0. The summed E-state index contributed by atoms with van der Waals surface area (Å²) in [6, 6.07) is 0.787. The largest absolute Gasteiger partial charge is 0.390 e. The fraction of sp³-hybridized carbons (Fsp3) is 0.692. The second-order valence-electron chi connectivity index (χ2n) is 4.84. The summed E-state index contributed by atoms with van der Waals surface area (Å²) in [5, 5.41) is 17.4. The molecular formula is C13H23N5O3. The lowest BCUT2D eigenvalue weighted by Gasteiger charge is -2.18. The lowest BCUT2D eigenvalue weighted by Crippen LogP contribution is -2.38. The molecule has 1 atom stereocenters. The van der Waals surface area contributed by atoms with Gasteiger partial charge in [-0.05, 0) is 31.9 Å². The number of hydrogen-bond donors (Lipinski definition) is 1. The molecule has 1 unspecified atom stereocenters. The maximum Gasteiger partial charge on any atom is 0.390 e. The van der Waals surface area contributed by atoms with E-state index in [-0.39, 0.29) is 11.7 Å². The predicted octanol–water partition coefficient (Wildman–Crippen LogP) is 1.12. The fourth-order valence-electron chi connectivity index (χ4n) is 2.09. The van der Waals surface area contributed by atoms with Gasteiger partial charge in [-0.2, -0.15) is 4.68 Å². The number of amides is 1. The van der Waals surface area contributed by atoms with Gasteiger partial charge in [0, 0.05) is 13.1 Å². The van der Waals surface area contributed by atoms with E-state index >= 15 is 0 Å². The molecule has 0 fully saturated rings. The van der Waals surface area contributed by atoms with Crippen molar-refractivity contribution in [2.75, 3.05) is 26.2 Å². The Balaban J connectivity index is 2.60. The Morgan fingerprint density at radius 2 is 2.14 bits per heavy atom. The Labute approximate surface area is 124 Å². The summed E-state index contributed by atoms with van der Waals surface area (Å²) in [7, 11) is 0. The highest BCUT2D eigenvalue weighted by molar-refractivity contribution is 5.79. The molecule has 0 radical (unpaired) electrons. The molecule has 1 rings (SSSR count). The standard InChI is InChI=1S/C13H23N5O3/c1-5-16(6-2)8-7-14-13(19)11(4)17-10(3)9-12(15-17)18(20)21/h9,11H,5-8H2,1-4H3,(H,14,19). The summed E-state index contributed by atoms with van der Waals surface area (Å²) in [4.78, 5) is 24.4. The zero-order valence-electron chi connectivity index (χ0n) is 13.0. The number of nitro groups is 1. The molecule has 0 saturated heterocycles. The molecule has 0 aliphatic carbocycles. The minimum Gasteiger partial charge on any atom is -0.358 e. The van der Waals surface area contributed by atoms with Gasteiger partial charge in [0.2, 0.25) is 5.91 Å². The van der Waals surface area contributed by atoms with Crippen LogP contribution in [0.3, 0.4) is 0 Å². The van der Waals surface area contributed by atoms with Gasteiger partial charge in [-0.1, -0.05) is 13.8 Å². The minimum atomic E-state index is -0.574. The SMILES string of the molecule is CCN(CC)CCNC(=O)C(C)n1nc([N+](=O)[O-])cc1C. The fourth-order valence-corrected chi connectivity index (χ4v) is 2.09. The van der Waals surface area contributed by atoms with E-state index in [0.29, 0.717) is 12.2 Å². The number of carbonyl (C=O) groups is 1. The first-order valence-electron chi connectivity index (χ1n) is 7.11. The molecule has 118 valence electrons. The molecule has 8 heteroatoms. The maximum absolute atomic E-state index is 12.1. The average Bonchev–Trinajstić information content (AvgIpc) is 2.84. The van der Waals surface area contributed by atoms with Gasteiger partial charge in [-0.15, -0.1) is 0 Å². The van der Waals surface area contributed by atoms with Gasteiger partial charge in [-0.25, -0.2) is 0 Å². The Morgan fingerprint density at radius 1 is 1.52 bits per heavy atom. The van der Waals surface area contributed by atoms with Crippen LogP contribution in [0, 0.1) is 17.0 Å². The summed E-state index contributed by atoms with van der Waals surface area (Å²) < 4.78 is 1.38. The van der Waals surface area contributed by atoms with Crippen molar-refractivity contribution in [3.63, 3.8) is 0 Å². The molecule has 0 aliphatic rings. The molecule has 8 nitrogen and oxygen atoms in total. The minimum absolute atomic E-state index is 0.191. The Hall–Kier alpha value is -1.96. The van der Waals surface area contributed by atoms with Crippen LogP contribution in [-0.4, -0.2) is 51.7 Å². The van der Waals surface area contributed by atoms with Gasteiger partial charge >= 0.3 is 5.82 Å². The molecule has 0 aromatic carbocycles. The molecule has 0 spiro atoms. The monoisotopic (exact) mass is 297 g/mol. The van der Waals surface area contributed by atoms with Crippen LogP contribution in [0.4, 0.5) is 5.82 Å². The van der Waals surface area contributed by atoms with Crippen LogP contribution in [0.2, 0.25) is 0 Å². The lowest BCUT2D eigenvalue weighted by molar-refractivity contribution is -0.389. The lowest BCUT2D eigenvalue weighted by atomic mass is 10.3.